The lowest BCUT2D eigenvalue weighted by Gasteiger charge is -2.11. The number of hydrogen-bond acceptors (Lipinski definition) is 2. The molecule has 0 bridgehead atoms. The standard InChI is InChI=1S/C9H14ClN3O/c1-3-7(2)12-8(14)6-13-5-4-11-9(13)10/h4-5,7H,3,6H2,1-2H3,(H,12,14). The molecule has 78 valence electrons. The van der Waals surface area contributed by atoms with Gasteiger partial charge < -0.3 is 9.88 Å². The molecule has 4 nitrogen and oxygen atoms in total. The van der Waals surface area contributed by atoms with Crippen molar-refractivity contribution in [3.05, 3.63) is 17.7 Å². The summed E-state index contributed by atoms with van der Waals surface area (Å²) in [7, 11) is 0. The molecule has 0 aliphatic rings. The van der Waals surface area contributed by atoms with Crippen LogP contribution in [-0.4, -0.2) is 21.5 Å². The highest BCUT2D eigenvalue weighted by Crippen LogP contribution is 2.03. The summed E-state index contributed by atoms with van der Waals surface area (Å²) in [4.78, 5) is 15.2. The third-order valence-corrected chi connectivity index (χ3v) is 2.31. The van der Waals surface area contributed by atoms with Crippen molar-refractivity contribution in [1.29, 1.82) is 0 Å². The van der Waals surface area contributed by atoms with Crippen LogP contribution in [-0.2, 0) is 11.3 Å². The molecule has 0 saturated carbocycles. The van der Waals surface area contributed by atoms with Gasteiger partial charge in [0.1, 0.15) is 6.54 Å². The average molecular weight is 216 g/mol. The van der Waals surface area contributed by atoms with Crippen LogP contribution in [0.3, 0.4) is 0 Å². The van der Waals surface area contributed by atoms with Crippen molar-refractivity contribution >= 4 is 17.5 Å². The van der Waals surface area contributed by atoms with E-state index in [1.54, 1.807) is 17.0 Å². The van der Waals surface area contributed by atoms with Crippen molar-refractivity contribution in [3.8, 4) is 0 Å². The Morgan fingerprint density at radius 2 is 2.50 bits per heavy atom. The zero-order valence-electron chi connectivity index (χ0n) is 8.33. The number of imidazole rings is 1. The fraction of sp³-hybridized carbons (Fsp3) is 0.556. The number of nitrogens with one attached hydrogen (secondary N) is 1. The lowest BCUT2D eigenvalue weighted by atomic mass is 10.2. The molecule has 1 N–H and O–H groups in total. The lowest BCUT2D eigenvalue weighted by molar-refractivity contribution is -0.122. The average Bonchev–Trinajstić information content (AvgIpc) is 2.51. The van der Waals surface area contributed by atoms with E-state index in [0.717, 1.165) is 6.42 Å². The van der Waals surface area contributed by atoms with E-state index in [-0.39, 0.29) is 18.5 Å². The van der Waals surface area contributed by atoms with E-state index in [2.05, 4.69) is 10.3 Å². The molecule has 1 rings (SSSR count). The number of halogens is 1. The summed E-state index contributed by atoms with van der Waals surface area (Å²) in [6.07, 6.45) is 4.17. The third-order valence-electron chi connectivity index (χ3n) is 2.00. The van der Waals surface area contributed by atoms with Crippen molar-refractivity contribution in [1.82, 2.24) is 14.9 Å². The van der Waals surface area contributed by atoms with Crippen molar-refractivity contribution in [2.45, 2.75) is 32.9 Å². The summed E-state index contributed by atoms with van der Waals surface area (Å²) in [6, 6.07) is 0.199. The van der Waals surface area contributed by atoms with E-state index in [0.29, 0.717) is 5.28 Å². The van der Waals surface area contributed by atoms with Gasteiger partial charge in [0.15, 0.2) is 0 Å². The maximum absolute atomic E-state index is 11.4. The molecule has 0 aliphatic heterocycles. The van der Waals surface area contributed by atoms with Crippen LogP contribution in [0.1, 0.15) is 20.3 Å². The lowest BCUT2D eigenvalue weighted by Crippen LogP contribution is -2.34. The number of carbonyl (C=O) groups is 1. The van der Waals surface area contributed by atoms with E-state index >= 15 is 0 Å². The van der Waals surface area contributed by atoms with Gasteiger partial charge in [0.05, 0.1) is 0 Å². The molecule has 0 radical (unpaired) electrons. The summed E-state index contributed by atoms with van der Waals surface area (Å²) >= 11 is 5.73. The Bertz CT molecular complexity index is 311. The van der Waals surface area contributed by atoms with Crippen molar-refractivity contribution in [3.63, 3.8) is 0 Å². The minimum atomic E-state index is -0.0424. The maximum atomic E-state index is 11.4. The van der Waals surface area contributed by atoms with Crippen molar-refractivity contribution < 1.29 is 4.79 Å². The molecule has 1 atom stereocenters. The van der Waals surface area contributed by atoms with Gasteiger partial charge in [0.2, 0.25) is 11.2 Å². The fourth-order valence-electron chi connectivity index (χ4n) is 1.01. The number of hydrogen-bond donors (Lipinski definition) is 1. The van der Waals surface area contributed by atoms with Crippen LogP contribution in [0.25, 0.3) is 0 Å². The normalized spacial score (nSPS) is 12.5. The first-order chi connectivity index (χ1) is 6.63. The second-order valence-electron chi connectivity index (χ2n) is 3.20. The molecule has 0 spiro atoms. The highest BCUT2D eigenvalue weighted by Gasteiger charge is 2.07. The van der Waals surface area contributed by atoms with Gasteiger partial charge in [-0.25, -0.2) is 4.98 Å². The Labute approximate surface area is 88.3 Å². The monoisotopic (exact) mass is 215 g/mol. The Balaban J connectivity index is 2.45. The first kappa shape index (κ1) is 11.0. The molecule has 1 amide bonds. The molecule has 1 aromatic heterocycles. The summed E-state index contributed by atoms with van der Waals surface area (Å²) in [5.74, 6) is -0.0424. The van der Waals surface area contributed by atoms with Crippen LogP contribution in [0.15, 0.2) is 12.4 Å². The molecule has 14 heavy (non-hydrogen) atoms. The van der Waals surface area contributed by atoms with Gasteiger partial charge >= 0.3 is 0 Å². The number of carbonyl (C=O) groups excluding carboxylic acids is 1. The minimum Gasteiger partial charge on any atom is -0.352 e. The van der Waals surface area contributed by atoms with Crippen LogP contribution >= 0.6 is 11.6 Å². The first-order valence-corrected chi connectivity index (χ1v) is 4.97. The van der Waals surface area contributed by atoms with Gasteiger partial charge in [0.25, 0.3) is 0 Å². The van der Waals surface area contributed by atoms with E-state index in [4.69, 9.17) is 11.6 Å². The SMILES string of the molecule is CCC(C)NC(=O)Cn1ccnc1Cl. The molecular formula is C9H14ClN3O. The maximum Gasteiger partial charge on any atom is 0.240 e. The van der Waals surface area contributed by atoms with Crippen LogP contribution in [0.4, 0.5) is 0 Å². The Kier molecular flexibility index (Phi) is 3.95. The number of rotatable bonds is 4. The van der Waals surface area contributed by atoms with Crippen molar-refractivity contribution in [2.75, 3.05) is 0 Å². The zero-order valence-corrected chi connectivity index (χ0v) is 9.08. The first-order valence-electron chi connectivity index (χ1n) is 4.59. The topological polar surface area (TPSA) is 46.9 Å². The Morgan fingerprint density at radius 3 is 3.00 bits per heavy atom. The highest BCUT2D eigenvalue weighted by molar-refractivity contribution is 6.28. The number of amides is 1. The number of aromatic nitrogens is 2. The van der Waals surface area contributed by atoms with Crippen LogP contribution in [0, 0.1) is 0 Å². The van der Waals surface area contributed by atoms with Gasteiger partial charge in [-0.15, -0.1) is 0 Å². The van der Waals surface area contributed by atoms with Crippen LogP contribution < -0.4 is 5.32 Å². The second kappa shape index (κ2) is 5.00. The van der Waals surface area contributed by atoms with E-state index in [1.807, 2.05) is 13.8 Å². The summed E-state index contributed by atoms with van der Waals surface area (Å²) in [5, 5.41) is 3.19. The molecule has 0 aromatic carbocycles. The summed E-state index contributed by atoms with van der Waals surface area (Å²) in [5.41, 5.74) is 0. The minimum absolute atomic E-state index is 0.0424. The molecular weight excluding hydrogens is 202 g/mol. The smallest absolute Gasteiger partial charge is 0.240 e. The van der Waals surface area contributed by atoms with Crippen molar-refractivity contribution in [2.24, 2.45) is 0 Å². The van der Waals surface area contributed by atoms with E-state index < -0.39 is 0 Å². The fourth-order valence-corrected chi connectivity index (χ4v) is 1.18. The third kappa shape index (κ3) is 3.03. The van der Waals surface area contributed by atoms with E-state index in [9.17, 15) is 4.79 Å². The molecule has 0 aliphatic carbocycles. The Morgan fingerprint density at radius 1 is 1.79 bits per heavy atom. The van der Waals surface area contributed by atoms with Gasteiger partial charge in [-0.3, -0.25) is 4.79 Å². The largest absolute Gasteiger partial charge is 0.352 e. The quantitative estimate of drug-likeness (QED) is 0.827. The summed E-state index contributed by atoms with van der Waals surface area (Å²) < 4.78 is 1.60. The molecule has 1 unspecified atom stereocenters. The predicted molar refractivity (Wildman–Crippen MR) is 55.1 cm³/mol. The second-order valence-corrected chi connectivity index (χ2v) is 3.54. The molecule has 0 fully saturated rings. The predicted octanol–water partition coefficient (Wildman–Crippen LogP) is 1.45. The number of nitrogens with zero attached hydrogens (tertiary/aromatic N) is 2. The molecule has 0 saturated heterocycles. The Hall–Kier alpha value is -1.03. The zero-order chi connectivity index (χ0) is 10.6. The van der Waals surface area contributed by atoms with Gasteiger partial charge in [-0.05, 0) is 24.9 Å². The van der Waals surface area contributed by atoms with Gasteiger partial charge in [0, 0.05) is 18.4 Å². The van der Waals surface area contributed by atoms with Gasteiger partial charge in [-0.1, -0.05) is 6.92 Å². The molecule has 1 aromatic rings. The summed E-state index contributed by atoms with van der Waals surface area (Å²) in [6.45, 7) is 4.21. The van der Waals surface area contributed by atoms with Gasteiger partial charge in [-0.2, -0.15) is 0 Å². The van der Waals surface area contributed by atoms with Crippen LogP contribution in [0.2, 0.25) is 5.28 Å². The molecule has 1 heterocycles. The molecule has 5 heteroatoms. The highest BCUT2D eigenvalue weighted by atomic mass is 35.5. The van der Waals surface area contributed by atoms with E-state index in [1.165, 1.54) is 0 Å². The van der Waals surface area contributed by atoms with Crippen LogP contribution in [0.5, 0.6) is 0 Å².